The molecule has 0 aromatic heterocycles. The number of hydrogen-bond acceptors (Lipinski definition) is 7. The van der Waals surface area contributed by atoms with Crippen LogP contribution >= 0.6 is 11.8 Å². The first-order valence-electron chi connectivity index (χ1n) is 9.53. The van der Waals surface area contributed by atoms with Crippen LogP contribution in [0, 0.1) is 0 Å². The molecular formula is C22H25N3O4S. The van der Waals surface area contributed by atoms with Crippen LogP contribution in [0.5, 0.6) is 17.2 Å². The fourth-order valence-corrected chi connectivity index (χ4v) is 4.01. The van der Waals surface area contributed by atoms with E-state index >= 15 is 0 Å². The minimum absolute atomic E-state index is 0.0541. The van der Waals surface area contributed by atoms with Crippen LogP contribution in [0.1, 0.15) is 24.5 Å². The Labute approximate surface area is 180 Å². The van der Waals surface area contributed by atoms with E-state index in [0.717, 1.165) is 23.3 Å². The first kappa shape index (κ1) is 21.7. The van der Waals surface area contributed by atoms with E-state index in [2.05, 4.69) is 10.2 Å². The minimum Gasteiger partial charge on any atom is -0.497 e. The lowest BCUT2D eigenvalue weighted by atomic mass is 10.2. The molecule has 1 saturated heterocycles. The molecule has 1 aliphatic rings. The summed E-state index contributed by atoms with van der Waals surface area (Å²) in [6.07, 6.45) is 2.37. The molecular weight excluding hydrogens is 402 g/mol. The molecule has 0 N–H and O–H groups in total. The average Bonchev–Trinajstić information content (AvgIpc) is 3.08. The van der Waals surface area contributed by atoms with Crippen LogP contribution in [0.25, 0.3) is 0 Å². The van der Waals surface area contributed by atoms with Crippen molar-refractivity contribution < 1.29 is 19.0 Å². The van der Waals surface area contributed by atoms with Gasteiger partial charge in [-0.1, -0.05) is 30.8 Å². The summed E-state index contributed by atoms with van der Waals surface area (Å²) in [7, 11) is 4.80. The van der Waals surface area contributed by atoms with E-state index in [1.54, 1.807) is 32.4 Å². The van der Waals surface area contributed by atoms with Crippen molar-refractivity contribution in [2.24, 2.45) is 10.2 Å². The molecule has 1 amide bonds. The van der Waals surface area contributed by atoms with E-state index in [4.69, 9.17) is 14.2 Å². The number of rotatable bonds is 8. The van der Waals surface area contributed by atoms with E-state index in [9.17, 15) is 4.79 Å². The highest BCUT2D eigenvalue weighted by atomic mass is 32.2. The number of benzene rings is 2. The molecule has 7 nitrogen and oxygen atoms in total. The molecule has 0 radical (unpaired) electrons. The highest BCUT2D eigenvalue weighted by Gasteiger charge is 2.36. The molecule has 1 heterocycles. The molecule has 0 bridgehead atoms. The highest BCUT2D eigenvalue weighted by molar-refractivity contribution is 8.15. The van der Waals surface area contributed by atoms with Crippen molar-refractivity contribution in [2.45, 2.75) is 25.1 Å². The van der Waals surface area contributed by atoms with Crippen LogP contribution < -0.4 is 14.2 Å². The number of carbonyl (C=O) groups is 1. The Bertz CT molecular complexity index is 944. The SMILES string of the molecule is CCC1S/C(=N\N=C\c2ccc(OC)c(OC)c2)N(Cc2ccc(OC)cc2)C1=O. The Kier molecular flexibility index (Phi) is 7.35. The van der Waals surface area contributed by atoms with Gasteiger partial charge in [0.25, 0.3) is 0 Å². The highest BCUT2D eigenvalue weighted by Crippen LogP contribution is 2.31. The van der Waals surface area contributed by atoms with Crippen LogP contribution in [0.15, 0.2) is 52.7 Å². The maximum Gasteiger partial charge on any atom is 0.242 e. The lowest BCUT2D eigenvalue weighted by Gasteiger charge is -2.16. The molecule has 2 aromatic rings. The number of amides is 1. The molecule has 8 heteroatoms. The summed E-state index contributed by atoms with van der Waals surface area (Å²) in [5.74, 6) is 2.10. The van der Waals surface area contributed by atoms with Gasteiger partial charge in [0, 0.05) is 0 Å². The number of hydrogen-bond donors (Lipinski definition) is 0. The maximum atomic E-state index is 12.8. The van der Waals surface area contributed by atoms with Gasteiger partial charge in [0.2, 0.25) is 5.91 Å². The second kappa shape index (κ2) is 10.2. The van der Waals surface area contributed by atoms with Gasteiger partial charge < -0.3 is 14.2 Å². The molecule has 30 heavy (non-hydrogen) atoms. The molecule has 3 rings (SSSR count). The van der Waals surface area contributed by atoms with Gasteiger partial charge >= 0.3 is 0 Å². The first-order chi connectivity index (χ1) is 14.6. The Morgan fingerprint density at radius 3 is 2.40 bits per heavy atom. The first-order valence-corrected chi connectivity index (χ1v) is 10.4. The molecule has 1 aliphatic heterocycles. The third kappa shape index (κ3) is 4.94. The van der Waals surface area contributed by atoms with E-state index < -0.39 is 0 Å². The summed E-state index contributed by atoms with van der Waals surface area (Å²) in [5, 5.41) is 9.00. The van der Waals surface area contributed by atoms with E-state index in [1.807, 2.05) is 49.4 Å². The third-order valence-electron chi connectivity index (χ3n) is 4.65. The molecule has 0 spiro atoms. The van der Waals surface area contributed by atoms with Crippen molar-refractivity contribution >= 4 is 29.1 Å². The lowest BCUT2D eigenvalue weighted by Crippen LogP contribution is -2.31. The van der Waals surface area contributed by atoms with Gasteiger partial charge in [0.1, 0.15) is 5.75 Å². The van der Waals surface area contributed by atoms with Gasteiger partial charge in [-0.25, -0.2) is 0 Å². The van der Waals surface area contributed by atoms with Crippen molar-refractivity contribution in [1.82, 2.24) is 4.90 Å². The van der Waals surface area contributed by atoms with E-state index in [0.29, 0.717) is 23.2 Å². The van der Waals surface area contributed by atoms with E-state index in [1.165, 1.54) is 11.8 Å². The van der Waals surface area contributed by atoms with Crippen LogP contribution in [-0.4, -0.2) is 48.8 Å². The quantitative estimate of drug-likeness (QED) is 0.471. The van der Waals surface area contributed by atoms with Gasteiger partial charge in [0.15, 0.2) is 16.7 Å². The fraction of sp³-hybridized carbons (Fsp3) is 0.318. The number of methoxy groups -OCH3 is 3. The minimum atomic E-state index is -0.140. The predicted octanol–water partition coefficient (Wildman–Crippen LogP) is 3.96. The van der Waals surface area contributed by atoms with Crippen LogP contribution in [0.2, 0.25) is 0 Å². The number of carbonyl (C=O) groups excluding carboxylic acids is 1. The maximum absolute atomic E-state index is 12.8. The van der Waals surface area contributed by atoms with Crippen LogP contribution in [0.4, 0.5) is 0 Å². The van der Waals surface area contributed by atoms with Gasteiger partial charge in [-0.05, 0) is 47.9 Å². The van der Waals surface area contributed by atoms with Crippen molar-refractivity contribution in [3.8, 4) is 17.2 Å². The molecule has 0 saturated carbocycles. The van der Waals surface area contributed by atoms with Gasteiger partial charge in [-0.3, -0.25) is 9.69 Å². The summed E-state index contributed by atoms with van der Waals surface area (Å²) < 4.78 is 15.8. The van der Waals surface area contributed by atoms with Crippen molar-refractivity contribution in [3.63, 3.8) is 0 Å². The summed E-state index contributed by atoms with van der Waals surface area (Å²) in [6, 6.07) is 13.1. The van der Waals surface area contributed by atoms with Crippen LogP contribution in [-0.2, 0) is 11.3 Å². The van der Waals surface area contributed by atoms with Crippen molar-refractivity contribution in [3.05, 3.63) is 53.6 Å². The van der Waals surface area contributed by atoms with Crippen molar-refractivity contribution in [2.75, 3.05) is 21.3 Å². The smallest absolute Gasteiger partial charge is 0.242 e. The van der Waals surface area contributed by atoms with Crippen LogP contribution in [0.3, 0.4) is 0 Å². The topological polar surface area (TPSA) is 72.7 Å². The largest absolute Gasteiger partial charge is 0.497 e. The molecule has 0 aliphatic carbocycles. The summed E-state index contributed by atoms with van der Waals surface area (Å²) in [5.41, 5.74) is 1.82. The molecule has 1 fully saturated rings. The van der Waals surface area contributed by atoms with Gasteiger partial charge in [0.05, 0.1) is 39.3 Å². The monoisotopic (exact) mass is 427 g/mol. The summed E-state index contributed by atoms with van der Waals surface area (Å²) in [4.78, 5) is 14.5. The number of ether oxygens (including phenoxy) is 3. The number of thioether (sulfide) groups is 1. The van der Waals surface area contributed by atoms with Gasteiger partial charge in [-0.15, -0.1) is 5.10 Å². The standard InChI is InChI=1S/C22H25N3O4S/c1-5-20-21(26)25(14-15-6-9-17(27-2)10-7-15)22(30-20)24-23-13-16-8-11-18(28-3)19(12-16)29-4/h6-13,20H,5,14H2,1-4H3/b23-13+,24-22-. The Hall–Kier alpha value is -3.00. The number of amidine groups is 1. The third-order valence-corrected chi connectivity index (χ3v) is 5.98. The zero-order valence-electron chi connectivity index (χ0n) is 17.5. The summed E-state index contributed by atoms with van der Waals surface area (Å²) in [6.45, 7) is 2.44. The molecule has 1 unspecified atom stereocenters. The zero-order chi connectivity index (χ0) is 21.5. The normalized spacial score (nSPS) is 17.7. The predicted molar refractivity (Wildman–Crippen MR) is 120 cm³/mol. The second-order valence-corrected chi connectivity index (χ2v) is 7.70. The second-order valence-electron chi connectivity index (χ2n) is 6.53. The van der Waals surface area contributed by atoms with Crippen molar-refractivity contribution in [1.29, 1.82) is 0 Å². The average molecular weight is 428 g/mol. The fourth-order valence-electron chi connectivity index (χ4n) is 2.98. The summed E-state index contributed by atoms with van der Waals surface area (Å²) >= 11 is 1.45. The Morgan fingerprint density at radius 2 is 1.77 bits per heavy atom. The molecule has 1 atom stereocenters. The zero-order valence-corrected chi connectivity index (χ0v) is 18.3. The molecule has 2 aromatic carbocycles. The Morgan fingerprint density at radius 1 is 1.03 bits per heavy atom. The lowest BCUT2D eigenvalue weighted by molar-refractivity contribution is -0.126. The van der Waals surface area contributed by atoms with E-state index in [-0.39, 0.29) is 11.2 Å². The molecule has 158 valence electrons. The Balaban J connectivity index is 1.79. The number of nitrogens with zero attached hydrogens (tertiary/aromatic N) is 3. The van der Waals surface area contributed by atoms with Gasteiger partial charge in [-0.2, -0.15) is 5.10 Å².